The number of amides is 2. The Labute approximate surface area is 182 Å². The molecule has 0 spiro atoms. The van der Waals surface area contributed by atoms with Crippen LogP contribution in [0.2, 0.25) is 0 Å². The minimum absolute atomic E-state index is 0.0823. The van der Waals surface area contributed by atoms with Crippen LogP contribution in [0.15, 0.2) is 46.9 Å². The standard InChI is InChI=1S/C19H20BrN3O5S/c1-26-9-10-28-16-8-7-12(20)11-14(16)17(24)21-19(29)23-22-18(25)13-5-3-4-6-15(13)27-2/h3-8,11H,9-10H2,1-2H3,(H,22,25)(H2,21,23,24,29). The number of methoxy groups -OCH3 is 2. The summed E-state index contributed by atoms with van der Waals surface area (Å²) in [4.78, 5) is 24.8. The fraction of sp³-hybridized carbons (Fsp3) is 0.211. The predicted molar refractivity (Wildman–Crippen MR) is 115 cm³/mol. The number of thiocarbonyl (C=S) groups is 1. The maximum Gasteiger partial charge on any atom is 0.273 e. The van der Waals surface area contributed by atoms with Crippen molar-refractivity contribution in [3.8, 4) is 11.5 Å². The highest BCUT2D eigenvalue weighted by atomic mass is 79.9. The van der Waals surface area contributed by atoms with Crippen LogP contribution in [-0.2, 0) is 4.74 Å². The van der Waals surface area contributed by atoms with Crippen molar-refractivity contribution in [1.29, 1.82) is 0 Å². The summed E-state index contributed by atoms with van der Waals surface area (Å²) in [6, 6.07) is 11.7. The predicted octanol–water partition coefficient (Wildman–Crippen LogP) is 2.43. The van der Waals surface area contributed by atoms with Gasteiger partial charge < -0.3 is 14.2 Å². The third kappa shape index (κ3) is 6.70. The van der Waals surface area contributed by atoms with Crippen molar-refractivity contribution in [1.82, 2.24) is 16.2 Å². The van der Waals surface area contributed by atoms with Gasteiger partial charge in [-0.1, -0.05) is 28.1 Å². The van der Waals surface area contributed by atoms with Gasteiger partial charge in [0.2, 0.25) is 0 Å². The molecule has 0 bridgehead atoms. The smallest absolute Gasteiger partial charge is 0.273 e. The van der Waals surface area contributed by atoms with Gasteiger partial charge in [0, 0.05) is 11.6 Å². The molecule has 0 atom stereocenters. The fourth-order valence-corrected chi connectivity index (χ4v) is 2.76. The number of hydrogen-bond donors (Lipinski definition) is 3. The SMILES string of the molecule is COCCOc1ccc(Br)cc1C(=O)NC(=S)NNC(=O)c1ccccc1OC. The topological polar surface area (TPSA) is 97.9 Å². The largest absolute Gasteiger partial charge is 0.496 e. The molecule has 0 aliphatic carbocycles. The number of nitrogens with one attached hydrogen (secondary N) is 3. The van der Waals surface area contributed by atoms with E-state index in [0.29, 0.717) is 28.1 Å². The molecule has 3 N–H and O–H groups in total. The van der Waals surface area contributed by atoms with Crippen molar-refractivity contribution in [3.63, 3.8) is 0 Å². The van der Waals surface area contributed by atoms with Crippen LogP contribution in [0.4, 0.5) is 0 Å². The molecule has 2 rings (SSSR count). The first-order valence-corrected chi connectivity index (χ1v) is 9.62. The quantitative estimate of drug-likeness (QED) is 0.317. The maximum absolute atomic E-state index is 12.6. The fourth-order valence-electron chi connectivity index (χ4n) is 2.26. The minimum Gasteiger partial charge on any atom is -0.496 e. The number of carbonyl (C=O) groups excluding carboxylic acids is 2. The highest BCUT2D eigenvalue weighted by Gasteiger charge is 2.16. The first-order valence-electron chi connectivity index (χ1n) is 8.42. The van der Waals surface area contributed by atoms with Crippen molar-refractivity contribution >= 4 is 45.1 Å². The zero-order valence-corrected chi connectivity index (χ0v) is 18.2. The highest BCUT2D eigenvalue weighted by molar-refractivity contribution is 9.10. The summed E-state index contributed by atoms with van der Waals surface area (Å²) in [6.07, 6.45) is 0. The monoisotopic (exact) mass is 481 g/mol. The molecular weight excluding hydrogens is 462 g/mol. The minimum atomic E-state index is -0.497. The van der Waals surface area contributed by atoms with E-state index in [0.717, 1.165) is 0 Å². The van der Waals surface area contributed by atoms with Gasteiger partial charge in [0.05, 0.1) is 24.8 Å². The molecule has 0 saturated heterocycles. The van der Waals surface area contributed by atoms with E-state index in [-0.39, 0.29) is 17.3 Å². The van der Waals surface area contributed by atoms with Crippen LogP contribution in [0.25, 0.3) is 0 Å². The van der Waals surface area contributed by atoms with Gasteiger partial charge >= 0.3 is 0 Å². The van der Waals surface area contributed by atoms with Gasteiger partial charge in [-0.3, -0.25) is 25.8 Å². The number of carbonyl (C=O) groups is 2. The van der Waals surface area contributed by atoms with Crippen LogP contribution >= 0.6 is 28.1 Å². The third-order valence-corrected chi connectivity index (χ3v) is 4.30. The third-order valence-electron chi connectivity index (χ3n) is 3.60. The summed E-state index contributed by atoms with van der Waals surface area (Å²) in [5.74, 6) is -0.176. The molecular formula is C19H20BrN3O5S. The van der Waals surface area contributed by atoms with Crippen molar-refractivity contribution < 1.29 is 23.8 Å². The van der Waals surface area contributed by atoms with Crippen LogP contribution in [0.1, 0.15) is 20.7 Å². The summed E-state index contributed by atoms with van der Waals surface area (Å²) in [6.45, 7) is 0.669. The van der Waals surface area contributed by atoms with Crippen molar-refractivity contribution in [2.75, 3.05) is 27.4 Å². The van der Waals surface area contributed by atoms with Gasteiger partial charge in [-0.25, -0.2) is 0 Å². The molecule has 0 radical (unpaired) electrons. The lowest BCUT2D eigenvalue weighted by Gasteiger charge is -2.14. The van der Waals surface area contributed by atoms with Crippen molar-refractivity contribution in [2.24, 2.45) is 0 Å². The summed E-state index contributed by atoms with van der Waals surface area (Å²) < 4.78 is 16.3. The van der Waals surface area contributed by atoms with Crippen molar-refractivity contribution in [2.45, 2.75) is 0 Å². The van der Waals surface area contributed by atoms with E-state index >= 15 is 0 Å². The summed E-state index contributed by atoms with van der Waals surface area (Å²) in [5, 5.41) is 2.41. The van der Waals surface area contributed by atoms with Gasteiger partial charge in [0.1, 0.15) is 18.1 Å². The molecule has 2 amide bonds. The Kier molecular flexibility index (Phi) is 8.84. The van der Waals surface area contributed by atoms with Gasteiger partial charge in [0.25, 0.3) is 11.8 Å². The van der Waals surface area contributed by atoms with E-state index in [2.05, 4.69) is 32.1 Å². The molecule has 0 saturated carbocycles. The molecule has 0 heterocycles. The molecule has 29 heavy (non-hydrogen) atoms. The lowest BCUT2D eigenvalue weighted by atomic mass is 10.2. The molecule has 0 aliphatic rings. The number of hydrogen-bond acceptors (Lipinski definition) is 6. The molecule has 2 aromatic rings. The van der Waals surface area contributed by atoms with Crippen LogP contribution < -0.4 is 25.6 Å². The lowest BCUT2D eigenvalue weighted by molar-refractivity contribution is 0.0930. The second kappa shape index (κ2) is 11.3. The van der Waals surface area contributed by atoms with E-state index in [9.17, 15) is 9.59 Å². The Morgan fingerprint density at radius 2 is 1.72 bits per heavy atom. The summed E-state index contributed by atoms with van der Waals surface area (Å²) in [7, 11) is 3.02. The number of halogens is 1. The Balaban J connectivity index is 1.97. The highest BCUT2D eigenvalue weighted by Crippen LogP contribution is 2.23. The average molecular weight is 482 g/mol. The first-order chi connectivity index (χ1) is 14.0. The Morgan fingerprint density at radius 1 is 0.966 bits per heavy atom. The Bertz CT molecular complexity index is 894. The van der Waals surface area contributed by atoms with E-state index < -0.39 is 11.8 Å². The normalized spacial score (nSPS) is 10.0. The lowest BCUT2D eigenvalue weighted by Crippen LogP contribution is -2.48. The van der Waals surface area contributed by atoms with E-state index in [1.807, 2.05) is 0 Å². The second-order valence-corrected chi connectivity index (χ2v) is 6.87. The maximum atomic E-state index is 12.6. The van der Waals surface area contributed by atoms with Crippen LogP contribution in [0.3, 0.4) is 0 Å². The first kappa shape index (κ1) is 22.6. The molecule has 8 nitrogen and oxygen atoms in total. The van der Waals surface area contributed by atoms with Gasteiger partial charge in [-0.05, 0) is 42.5 Å². The molecule has 0 aromatic heterocycles. The number of para-hydroxylation sites is 1. The van der Waals surface area contributed by atoms with E-state index in [1.165, 1.54) is 7.11 Å². The number of ether oxygens (including phenoxy) is 3. The zero-order chi connectivity index (χ0) is 21.2. The van der Waals surface area contributed by atoms with Gasteiger partial charge in [-0.2, -0.15) is 0 Å². The van der Waals surface area contributed by atoms with Crippen LogP contribution in [0.5, 0.6) is 11.5 Å². The van der Waals surface area contributed by atoms with E-state index in [1.54, 1.807) is 49.6 Å². The summed E-state index contributed by atoms with van der Waals surface area (Å²) in [5.41, 5.74) is 5.50. The van der Waals surface area contributed by atoms with Gasteiger partial charge in [0.15, 0.2) is 5.11 Å². The Morgan fingerprint density at radius 3 is 2.45 bits per heavy atom. The molecule has 154 valence electrons. The van der Waals surface area contributed by atoms with E-state index in [4.69, 9.17) is 26.4 Å². The van der Waals surface area contributed by atoms with Gasteiger partial charge in [-0.15, -0.1) is 0 Å². The van der Waals surface area contributed by atoms with Crippen molar-refractivity contribution in [3.05, 3.63) is 58.1 Å². The molecule has 2 aromatic carbocycles. The number of hydrazine groups is 1. The Hall–Kier alpha value is -2.69. The van der Waals surface area contributed by atoms with Crippen LogP contribution in [-0.4, -0.2) is 44.4 Å². The zero-order valence-electron chi connectivity index (χ0n) is 15.8. The van der Waals surface area contributed by atoms with Crippen LogP contribution in [0, 0.1) is 0 Å². The number of benzene rings is 2. The molecule has 0 aliphatic heterocycles. The second-order valence-electron chi connectivity index (χ2n) is 5.54. The molecule has 10 heteroatoms. The number of rotatable bonds is 7. The summed E-state index contributed by atoms with van der Waals surface area (Å²) >= 11 is 8.40. The molecule has 0 unspecified atom stereocenters. The average Bonchev–Trinajstić information content (AvgIpc) is 2.73. The molecule has 0 fully saturated rings.